The molecule has 1 aliphatic rings. The van der Waals surface area contributed by atoms with Crippen molar-refractivity contribution in [2.75, 3.05) is 6.54 Å². The van der Waals surface area contributed by atoms with Gasteiger partial charge in [0, 0.05) is 31.5 Å². The van der Waals surface area contributed by atoms with Gasteiger partial charge in [-0.2, -0.15) is 0 Å². The molecule has 0 saturated heterocycles. The van der Waals surface area contributed by atoms with Crippen molar-refractivity contribution in [2.45, 2.75) is 38.5 Å². The lowest BCUT2D eigenvalue weighted by molar-refractivity contribution is 0.0624. The highest BCUT2D eigenvalue weighted by Gasteiger charge is 2.25. The summed E-state index contributed by atoms with van der Waals surface area (Å²) < 4.78 is 2.13. The summed E-state index contributed by atoms with van der Waals surface area (Å²) in [5.74, 6) is 1.06. The standard InChI is InChI=1S/C10H17N3O/c1-8-11-2-4-13(8)5-3-12-9-6-10(14)7-9/h2,4,9-10,12,14H,3,5-7H2,1H3. The van der Waals surface area contributed by atoms with Crippen molar-refractivity contribution in [3.05, 3.63) is 18.2 Å². The number of aromatic nitrogens is 2. The van der Waals surface area contributed by atoms with E-state index in [1.807, 2.05) is 19.3 Å². The van der Waals surface area contributed by atoms with E-state index in [0.717, 1.165) is 31.8 Å². The molecular weight excluding hydrogens is 178 g/mol. The summed E-state index contributed by atoms with van der Waals surface area (Å²) in [6, 6.07) is 0.522. The molecule has 2 N–H and O–H groups in total. The molecule has 0 aromatic carbocycles. The molecule has 2 rings (SSSR count). The van der Waals surface area contributed by atoms with Gasteiger partial charge in [0.05, 0.1) is 6.10 Å². The molecule has 0 atom stereocenters. The Morgan fingerprint density at radius 2 is 2.43 bits per heavy atom. The second-order valence-corrected chi connectivity index (χ2v) is 3.94. The van der Waals surface area contributed by atoms with E-state index in [1.54, 1.807) is 0 Å². The van der Waals surface area contributed by atoms with Crippen LogP contribution in [-0.4, -0.2) is 33.3 Å². The molecule has 0 unspecified atom stereocenters. The summed E-state index contributed by atoms with van der Waals surface area (Å²) in [6.07, 6.45) is 5.56. The van der Waals surface area contributed by atoms with Gasteiger partial charge in [-0.15, -0.1) is 0 Å². The zero-order valence-corrected chi connectivity index (χ0v) is 8.48. The van der Waals surface area contributed by atoms with Crippen molar-refractivity contribution in [3.63, 3.8) is 0 Å². The van der Waals surface area contributed by atoms with E-state index >= 15 is 0 Å². The number of imidazole rings is 1. The van der Waals surface area contributed by atoms with Crippen LogP contribution in [0.3, 0.4) is 0 Å². The van der Waals surface area contributed by atoms with Crippen LogP contribution in [0.5, 0.6) is 0 Å². The maximum Gasteiger partial charge on any atom is 0.105 e. The predicted molar refractivity (Wildman–Crippen MR) is 54.0 cm³/mol. The fraction of sp³-hybridized carbons (Fsp3) is 0.700. The van der Waals surface area contributed by atoms with Crippen LogP contribution in [0.4, 0.5) is 0 Å². The van der Waals surface area contributed by atoms with Crippen LogP contribution in [0.25, 0.3) is 0 Å². The zero-order chi connectivity index (χ0) is 9.97. The summed E-state index contributed by atoms with van der Waals surface area (Å²) in [6.45, 7) is 3.92. The third-order valence-corrected chi connectivity index (χ3v) is 2.82. The number of nitrogens with zero attached hydrogens (tertiary/aromatic N) is 2. The van der Waals surface area contributed by atoms with Gasteiger partial charge in [-0.3, -0.25) is 0 Å². The molecule has 1 saturated carbocycles. The summed E-state index contributed by atoms with van der Waals surface area (Å²) in [5, 5.41) is 12.5. The van der Waals surface area contributed by atoms with Crippen LogP contribution in [-0.2, 0) is 6.54 Å². The molecule has 1 aliphatic carbocycles. The first-order valence-corrected chi connectivity index (χ1v) is 5.15. The predicted octanol–water partition coefficient (Wildman–Crippen LogP) is 0.304. The van der Waals surface area contributed by atoms with Crippen LogP contribution in [0.2, 0.25) is 0 Å². The molecule has 0 spiro atoms. The quantitative estimate of drug-likeness (QED) is 0.726. The Balaban J connectivity index is 1.66. The first-order valence-electron chi connectivity index (χ1n) is 5.15. The van der Waals surface area contributed by atoms with Gasteiger partial charge in [-0.1, -0.05) is 0 Å². The molecular formula is C10H17N3O. The fourth-order valence-corrected chi connectivity index (χ4v) is 1.78. The lowest BCUT2D eigenvalue weighted by Gasteiger charge is -2.32. The molecule has 1 aromatic rings. The van der Waals surface area contributed by atoms with Gasteiger partial charge in [-0.25, -0.2) is 4.98 Å². The van der Waals surface area contributed by atoms with E-state index in [1.165, 1.54) is 0 Å². The van der Waals surface area contributed by atoms with Crippen LogP contribution < -0.4 is 5.32 Å². The van der Waals surface area contributed by atoms with Crippen molar-refractivity contribution in [1.29, 1.82) is 0 Å². The molecule has 4 heteroatoms. The van der Waals surface area contributed by atoms with E-state index in [2.05, 4.69) is 14.9 Å². The third kappa shape index (κ3) is 2.13. The van der Waals surface area contributed by atoms with Crippen molar-refractivity contribution < 1.29 is 5.11 Å². The van der Waals surface area contributed by atoms with E-state index < -0.39 is 0 Å². The number of rotatable bonds is 4. The van der Waals surface area contributed by atoms with Gasteiger partial charge < -0.3 is 15.0 Å². The normalized spacial score (nSPS) is 26.1. The summed E-state index contributed by atoms with van der Waals surface area (Å²) in [7, 11) is 0. The summed E-state index contributed by atoms with van der Waals surface area (Å²) in [4.78, 5) is 4.16. The Morgan fingerprint density at radius 3 is 3.00 bits per heavy atom. The van der Waals surface area contributed by atoms with Gasteiger partial charge in [0.2, 0.25) is 0 Å². The minimum Gasteiger partial charge on any atom is -0.393 e. The first kappa shape index (κ1) is 9.68. The fourth-order valence-electron chi connectivity index (χ4n) is 1.78. The zero-order valence-electron chi connectivity index (χ0n) is 8.48. The lowest BCUT2D eigenvalue weighted by Crippen LogP contribution is -2.45. The number of aliphatic hydroxyl groups excluding tert-OH is 1. The van der Waals surface area contributed by atoms with Crippen molar-refractivity contribution in [3.8, 4) is 0 Å². The molecule has 0 aliphatic heterocycles. The summed E-state index contributed by atoms with van der Waals surface area (Å²) >= 11 is 0. The minimum atomic E-state index is -0.0671. The Morgan fingerprint density at radius 1 is 1.64 bits per heavy atom. The second-order valence-electron chi connectivity index (χ2n) is 3.94. The Hall–Kier alpha value is -0.870. The van der Waals surface area contributed by atoms with Crippen LogP contribution in [0.1, 0.15) is 18.7 Å². The molecule has 0 amide bonds. The van der Waals surface area contributed by atoms with Crippen molar-refractivity contribution in [1.82, 2.24) is 14.9 Å². The van der Waals surface area contributed by atoms with Crippen LogP contribution >= 0.6 is 0 Å². The monoisotopic (exact) mass is 195 g/mol. The van der Waals surface area contributed by atoms with Crippen LogP contribution in [0.15, 0.2) is 12.4 Å². The number of aliphatic hydroxyl groups is 1. The highest BCUT2D eigenvalue weighted by molar-refractivity contribution is 4.89. The van der Waals surface area contributed by atoms with Crippen molar-refractivity contribution in [2.24, 2.45) is 0 Å². The second kappa shape index (κ2) is 4.11. The molecule has 1 heterocycles. The van der Waals surface area contributed by atoms with E-state index in [-0.39, 0.29) is 6.10 Å². The SMILES string of the molecule is Cc1nccn1CCNC1CC(O)C1. The van der Waals surface area contributed by atoms with Gasteiger partial charge in [0.1, 0.15) is 5.82 Å². The molecule has 1 fully saturated rings. The topological polar surface area (TPSA) is 50.1 Å². The highest BCUT2D eigenvalue weighted by atomic mass is 16.3. The maximum absolute atomic E-state index is 9.09. The van der Waals surface area contributed by atoms with Gasteiger partial charge >= 0.3 is 0 Å². The minimum absolute atomic E-state index is 0.0671. The number of nitrogens with one attached hydrogen (secondary N) is 1. The van der Waals surface area contributed by atoms with Crippen molar-refractivity contribution >= 4 is 0 Å². The maximum atomic E-state index is 9.09. The van der Waals surface area contributed by atoms with E-state index in [4.69, 9.17) is 5.11 Å². The van der Waals surface area contributed by atoms with E-state index in [9.17, 15) is 0 Å². The van der Waals surface area contributed by atoms with E-state index in [0.29, 0.717) is 6.04 Å². The lowest BCUT2D eigenvalue weighted by atomic mass is 9.90. The number of aryl methyl sites for hydroxylation is 1. The first-order chi connectivity index (χ1) is 6.75. The van der Waals surface area contributed by atoms with Crippen LogP contribution in [0, 0.1) is 6.92 Å². The summed E-state index contributed by atoms with van der Waals surface area (Å²) in [5.41, 5.74) is 0. The molecule has 78 valence electrons. The highest BCUT2D eigenvalue weighted by Crippen LogP contribution is 2.18. The Kier molecular flexibility index (Phi) is 2.84. The van der Waals surface area contributed by atoms with Gasteiger partial charge in [-0.05, 0) is 19.8 Å². The molecule has 1 aromatic heterocycles. The number of hydrogen-bond donors (Lipinski definition) is 2. The average molecular weight is 195 g/mol. The van der Waals surface area contributed by atoms with Gasteiger partial charge in [0.15, 0.2) is 0 Å². The molecule has 0 radical (unpaired) electrons. The smallest absolute Gasteiger partial charge is 0.105 e. The average Bonchev–Trinajstić information content (AvgIpc) is 2.49. The molecule has 4 nitrogen and oxygen atoms in total. The molecule has 14 heavy (non-hydrogen) atoms. The van der Waals surface area contributed by atoms with Gasteiger partial charge in [0.25, 0.3) is 0 Å². The third-order valence-electron chi connectivity index (χ3n) is 2.82. The molecule has 0 bridgehead atoms. The largest absolute Gasteiger partial charge is 0.393 e. The Bertz CT molecular complexity index is 291. The Labute approximate surface area is 84.0 Å². The number of hydrogen-bond acceptors (Lipinski definition) is 3.